The Labute approximate surface area is 156 Å². The van der Waals surface area contributed by atoms with Crippen LogP contribution in [0.2, 0.25) is 0 Å². The molecule has 0 atom stereocenters. The Kier molecular flexibility index (Phi) is 7.67. The van der Waals surface area contributed by atoms with E-state index in [-0.39, 0.29) is 6.03 Å². The van der Waals surface area contributed by atoms with Gasteiger partial charge < -0.3 is 15.0 Å². The molecule has 0 aliphatic heterocycles. The number of hydrogen-bond donors (Lipinski definition) is 1. The van der Waals surface area contributed by atoms with Gasteiger partial charge in [-0.05, 0) is 42.7 Å². The molecule has 4 nitrogen and oxygen atoms in total. The Balaban J connectivity index is 2.03. The highest BCUT2D eigenvalue weighted by Crippen LogP contribution is 2.29. The van der Waals surface area contributed by atoms with Crippen LogP contribution < -0.4 is 5.32 Å². The van der Waals surface area contributed by atoms with Crippen LogP contribution in [-0.2, 0) is 17.5 Å². The van der Waals surface area contributed by atoms with E-state index in [0.717, 1.165) is 30.5 Å². The molecule has 0 radical (unpaired) electrons. The van der Waals surface area contributed by atoms with E-state index >= 15 is 0 Å². The van der Waals surface area contributed by atoms with Gasteiger partial charge in [0.15, 0.2) is 0 Å². The van der Waals surface area contributed by atoms with E-state index in [1.165, 1.54) is 12.1 Å². The van der Waals surface area contributed by atoms with Gasteiger partial charge in [0.2, 0.25) is 0 Å². The summed E-state index contributed by atoms with van der Waals surface area (Å²) in [5, 5.41) is 2.67. The third-order valence-electron chi connectivity index (χ3n) is 3.99. The third kappa shape index (κ3) is 6.94. The first-order chi connectivity index (χ1) is 12.9. The van der Waals surface area contributed by atoms with Crippen molar-refractivity contribution in [2.45, 2.75) is 25.6 Å². The fourth-order valence-corrected chi connectivity index (χ4v) is 2.55. The monoisotopic (exact) mass is 380 g/mol. The molecule has 0 heterocycles. The number of rotatable bonds is 8. The fraction of sp³-hybridized carbons (Fsp3) is 0.350. The summed E-state index contributed by atoms with van der Waals surface area (Å²) in [5.74, 6) is 0. The number of hydrogen-bond acceptors (Lipinski definition) is 2. The molecular formula is C20H23F3N2O2. The highest BCUT2D eigenvalue weighted by molar-refractivity contribution is 5.89. The summed E-state index contributed by atoms with van der Waals surface area (Å²) in [6.07, 6.45) is -2.82. The van der Waals surface area contributed by atoms with Gasteiger partial charge in [0.25, 0.3) is 0 Å². The van der Waals surface area contributed by atoms with Crippen molar-refractivity contribution >= 4 is 11.7 Å². The van der Waals surface area contributed by atoms with E-state index in [1.807, 2.05) is 30.3 Å². The third-order valence-corrected chi connectivity index (χ3v) is 3.99. The number of nitrogens with zero attached hydrogens (tertiary/aromatic N) is 1. The number of halogens is 3. The van der Waals surface area contributed by atoms with Crippen molar-refractivity contribution < 1.29 is 22.7 Å². The van der Waals surface area contributed by atoms with Crippen LogP contribution in [0.15, 0.2) is 54.6 Å². The van der Waals surface area contributed by atoms with Crippen molar-refractivity contribution in [3.63, 3.8) is 0 Å². The maximum atomic E-state index is 12.6. The van der Waals surface area contributed by atoms with Gasteiger partial charge in [-0.15, -0.1) is 0 Å². The van der Waals surface area contributed by atoms with Gasteiger partial charge in [0.05, 0.1) is 5.56 Å². The number of ether oxygens (including phenoxy) is 1. The summed E-state index contributed by atoms with van der Waals surface area (Å²) in [7, 11) is 1.62. The van der Waals surface area contributed by atoms with Crippen LogP contribution in [-0.4, -0.2) is 31.2 Å². The zero-order chi connectivity index (χ0) is 19.7. The molecule has 2 rings (SSSR count). The highest BCUT2D eigenvalue weighted by atomic mass is 19.4. The fourth-order valence-electron chi connectivity index (χ4n) is 2.55. The summed E-state index contributed by atoms with van der Waals surface area (Å²) >= 11 is 0. The average Bonchev–Trinajstić information content (AvgIpc) is 2.64. The van der Waals surface area contributed by atoms with Crippen molar-refractivity contribution in [3.8, 4) is 0 Å². The second-order valence-electron chi connectivity index (χ2n) is 6.11. The van der Waals surface area contributed by atoms with Crippen molar-refractivity contribution in [2.75, 3.05) is 25.6 Å². The normalized spacial score (nSPS) is 11.3. The van der Waals surface area contributed by atoms with E-state index in [2.05, 4.69) is 5.32 Å². The van der Waals surface area contributed by atoms with Crippen LogP contribution in [0.1, 0.15) is 24.0 Å². The number of methoxy groups -OCH3 is 1. The highest BCUT2D eigenvalue weighted by Gasteiger charge is 2.30. The summed E-state index contributed by atoms with van der Waals surface area (Å²) < 4.78 is 43.0. The Morgan fingerprint density at radius 1 is 1.04 bits per heavy atom. The van der Waals surface area contributed by atoms with Crippen molar-refractivity contribution in [2.24, 2.45) is 0 Å². The smallest absolute Gasteiger partial charge is 0.385 e. The van der Waals surface area contributed by atoms with E-state index in [0.29, 0.717) is 25.4 Å². The maximum absolute atomic E-state index is 12.6. The van der Waals surface area contributed by atoms with Crippen LogP contribution in [0.25, 0.3) is 0 Å². The lowest BCUT2D eigenvalue weighted by atomic mass is 10.2. The van der Waals surface area contributed by atoms with Gasteiger partial charge in [-0.3, -0.25) is 0 Å². The molecule has 0 spiro atoms. The molecule has 2 aromatic rings. The van der Waals surface area contributed by atoms with Gasteiger partial charge in [0, 0.05) is 32.5 Å². The zero-order valence-corrected chi connectivity index (χ0v) is 15.1. The standard InChI is InChI=1S/C20H23F3N2O2/c1-27-14-6-5-13-25(15-16-7-3-2-4-8-16)19(26)24-18-11-9-17(10-12-18)20(21,22)23/h2-4,7-12H,5-6,13-15H2,1H3,(H,24,26). The lowest BCUT2D eigenvalue weighted by molar-refractivity contribution is -0.137. The second kappa shape index (κ2) is 9.97. The Hall–Kier alpha value is -2.54. The number of benzene rings is 2. The summed E-state index contributed by atoms with van der Waals surface area (Å²) in [6, 6.07) is 13.6. The Morgan fingerprint density at radius 2 is 1.70 bits per heavy atom. The van der Waals surface area contributed by atoms with Gasteiger partial charge >= 0.3 is 12.2 Å². The first kappa shape index (κ1) is 20.8. The van der Waals surface area contributed by atoms with E-state index < -0.39 is 11.7 Å². The number of carbonyl (C=O) groups excluding carboxylic acids is 1. The molecule has 1 N–H and O–H groups in total. The number of nitrogens with one attached hydrogen (secondary N) is 1. The molecule has 2 aromatic carbocycles. The number of alkyl halides is 3. The number of anilines is 1. The minimum Gasteiger partial charge on any atom is -0.385 e. The molecule has 0 fully saturated rings. The van der Waals surface area contributed by atoms with Crippen LogP contribution in [0.5, 0.6) is 0 Å². The molecule has 0 aliphatic carbocycles. The molecule has 0 aliphatic rings. The molecule has 146 valence electrons. The lowest BCUT2D eigenvalue weighted by Gasteiger charge is -2.23. The maximum Gasteiger partial charge on any atom is 0.416 e. The van der Waals surface area contributed by atoms with Gasteiger partial charge in [-0.2, -0.15) is 13.2 Å². The van der Waals surface area contributed by atoms with Crippen LogP contribution in [0.3, 0.4) is 0 Å². The van der Waals surface area contributed by atoms with Gasteiger partial charge in [-0.1, -0.05) is 30.3 Å². The second-order valence-corrected chi connectivity index (χ2v) is 6.11. The molecule has 0 saturated carbocycles. The Morgan fingerprint density at radius 3 is 2.30 bits per heavy atom. The minimum absolute atomic E-state index is 0.322. The molecule has 27 heavy (non-hydrogen) atoms. The molecular weight excluding hydrogens is 357 g/mol. The average molecular weight is 380 g/mol. The van der Waals surface area contributed by atoms with Crippen LogP contribution >= 0.6 is 0 Å². The van der Waals surface area contributed by atoms with Crippen molar-refractivity contribution in [1.29, 1.82) is 0 Å². The number of unbranched alkanes of at least 4 members (excludes halogenated alkanes) is 1. The predicted octanol–water partition coefficient (Wildman–Crippen LogP) is 5.17. The molecule has 0 unspecified atom stereocenters. The summed E-state index contributed by atoms with van der Waals surface area (Å²) in [4.78, 5) is 14.3. The minimum atomic E-state index is -4.40. The van der Waals surface area contributed by atoms with Gasteiger partial charge in [-0.25, -0.2) is 4.79 Å². The Bertz CT molecular complexity index is 703. The number of urea groups is 1. The van der Waals surface area contributed by atoms with Crippen LogP contribution in [0, 0.1) is 0 Å². The first-order valence-electron chi connectivity index (χ1n) is 8.66. The molecule has 0 bridgehead atoms. The van der Waals surface area contributed by atoms with Crippen molar-refractivity contribution in [3.05, 3.63) is 65.7 Å². The van der Waals surface area contributed by atoms with E-state index in [9.17, 15) is 18.0 Å². The molecule has 0 aromatic heterocycles. The quantitative estimate of drug-likeness (QED) is 0.642. The predicted molar refractivity (Wildman–Crippen MR) is 98.4 cm³/mol. The topological polar surface area (TPSA) is 41.6 Å². The number of carbonyl (C=O) groups is 1. The SMILES string of the molecule is COCCCCN(Cc1ccccc1)C(=O)Nc1ccc(C(F)(F)F)cc1. The van der Waals surface area contributed by atoms with Gasteiger partial charge in [0.1, 0.15) is 0 Å². The van der Waals surface area contributed by atoms with Crippen LogP contribution in [0.4, 0.5) is 23.7 Å². The lowest BCUT2D eigenvalue weighted by Crippen LogP contribution is -2.35. The largest absolute Gasteiger partial charge is 0.416 e. The van der Waals surface area contributed by atoms with E-state index in [1.54, 1.807) is 12.0 Å². The molecule has 2 amide bonds. The molecule has 7 heteroatoms. The number of amides is 2. The summed E-state index contributed by atoms with van der Waals surface area (Å²) in [6.45, 7) is 1.55. The summed E-state index contributed by atoms with van der Waals surface area (Å²) in [5.41, 5.74) is 0.552. The molecule has 0 saturated heterocycles. The van der Waals surface area contributed by atoms with E-state index in [4.69, 9.17) is 4.74 Å². The zero-order valence-electron chi connectivity index (χ0n) is 15.1. The first-order valence-corrected chi connectivity index (χ1v) is 8.66. The van der Waals surface area contributed by atoms with Crippen molar-refractivity contribution in [1.82, 2.24) is 4.90 Å².